The highest BCUT2D eigenvalue weighted by molar-refractivity contribution is 6.04. The highest BCUT2D eigenvalue weighted by Gasteiger charge is 2.17. The van der Waals surface area contributed by atoms with Crippen molar-refractivity contribution in [3.05, 3.63) is 59.2 Å². The van der Waals surface area contributed by atoms with Gasteiger partial charge < -0.3 is 15.0 Å². The Morgan fingerprint density at radius 1 is 1.00 bits per heavy atom. The molecule has 0 aromatic heterocycles. The van der Waals surface area contributed by atoms with E-state index in [-0.39, 0.29) is 18.4 Å². The summed E-state index contributed by atoms with van der Waals surface area (Å²) >= 11 is 0. The van der Waals surface area contributed by atoms with Crippen LogP contribution in [-0.4, -0.2) is 36.4 Å². The zero-order valence-electron chi connectivity index (χ0n) is 15.8. The number of carbonyl (C=O) groups excluding carboxylic acids is 2. The van der Waals surface area contributed by atoms with Gasteiger partial charge in [-0.3, -0.25) is 9.59 Å². The molecule has 2 amide bonds. The van der Waals surface area contributed by atoms with Gasteiger partial charge in [0.1, 0.15) is 5.75 Å². The van der Waals surface area contributed by atoms with Crippen molar-refractivity contribution < 1.29 is 14.3 Å². The first-order valence-corrected chi connectivity index (χ1v) is 8.83. The molecule has 0 aliphatic rings. The summed E-state index contributed by atoms with van der Waals surface area (Å²) < 4.78 is 5.58. The van der Waals surface area contributed by atoms with Crippen LogP contribution in [0.5, 0.6) is 5.75 Å². The summed E-state index contributed by atoms with van der Waals surface area (Å²) in [5.41, 5.74) is 3.14. The number of hydrogen-bond acceptors (Lipinski definition) is 3. The van der Waals surface area contributed by atoms with E-state index in [9.17, 15) is 9.59 Å². The van der Waals surface area contributed by atoms with Crippen molar-refractivity contribution in [2.24, 2.45) is 0 Å². The van der Waals surface area contributed by atoms with Crippen molar-refractivity contribution in [1.29, 1.82) is 0 Å². The Labute approximate surface area is 155 Å². The molecule has 0 unspecified atom stereocenters. The molecule has 0 aliphatic carbocycles. The van der Waals surface area contributed by atoms with Crippen molar-refractivity contribution in [1.82, 2.24) is 4.90 Å². The van der Waals surface area contributed by atoms with Crippen molar-refractivity contribution in [3.8, 4) is 5.75 Å². The lowest BCUT2D eigenvalue weighted by atomic mass is 10.1. The van der Waals surface area contributed by atoms with Crippen LogP contribution in [-0.2, 0) is 4.79 Å². The number of amides is 2. The first-order chi connectivity index (χ1) is 12.4. The van der Waals surface area contributed by atoms with Crippen molar-refractivity contribution in [2.45, 2.75) is 27.7 Å². The Balaban J connectivity index is 2.06. The maximum atomic E-state index is 12.6. The highest BCUT2D eigenvalue weighted by Crippen LogP contribution is 2.19. The van der Waals surface area contributed by atoms with Crippen LogP contribution in [0.15, 0.2) is 42.5 Å². The lowest BCUT2D eigenvalue weighted by Gasteiger charge is -2.20. The third kappa shape index (κ3) is 5.09. The van der Waals surface area contributed by atoms with Crippen LogP contribution >= 0.6 is 0 Å². The molecular formula is C21H26N2O3. The minimum Gasteiger partial charge on any atom is -0.484 e. The molecule has 0 radical (unpaired) electrons. The zero-order chi connectivity index (χ0) is 19.1. The minimum atomic E-state index is -0.302. The van der Waals surface area contributed by atoms with E-state index in [1.807, 2.05) is 45.9 Å². The summed E-state index contributed by atoms with van der Waals surface area (Å²) in [6.07, 6.45) is 0. The molecule has 0 saturated heterocycles. The molecule has 0 fully saturated rings. The van der Waals surface area contributed by atoms with E-state index in [2.05, 4.69) is 5.32 Å². The molecular weight excluding hydrogens is 328 g/mol. The summed E-state index contributed by atoms with van der Waals surface area (Å²) in [6, 6.07) is 12.8. The van der Waals surface area contributed by atoms with Gasteiger partial charge in [0, 0.05) is 13.1 Å². The standard InChI is InChI=1S/C21H26N2O3/c1-5-23(6-2)21(25)18-9-7-8-10-19(18)22-20(24)14-26-17-12-15(3)11-16(4)13-17/h7-13H,5-6,14H2,1-4H3,(H,22,24). The van der Waals surface area contributed by atoms with Crippen LogP contribution in [0, 0.1) is 13.8 Å². The minimum absolute atomic E-state index is 0.0962. The van der Waals surface area contributed by atoms with Crippen LogP contribution in [0.2, 0.25) is 0 Å². The Bertz CT molecular complexity index is 762. The molecule has 138 valence electrons. The molecule has 0 spiro atoms. The first-order valence-electron chi connectivity index (χ1n) is 8.83. The van der Waals surface area contributed by atoms with Crippen molar-refractivity contribution in [3.63, 3.8) is 0 Å². The van der Waals surface area contributed by atoms with Gasteiger partial charge in [-0.2, -0.15) is 0 Å². The third-order valence-electron chi connectivity index (χ3n) is 4.05. The molecule has 0 saturated carbocycles. The maximum Gasteiger partial charge on any atom is 0.262 e. The number of carbonyl (C=O) groups is 2. The fourth-order valence-electron chi connectivity index (χ4n) is 2.81. The normalized spacial score (nSPS) is 10.3. The van der Waals surface area contributed by atoms with Crippen LogP contribution < -0.4 is 10.1 Å². The Morgan fingerprint density at radius 2 is 1.62 bits per heavy atom. The largest absolute Gasteiger partial charge is 0.484 e. The third-order valence-corrected chi connectivity index (χ3v) is 4.05. The summed E-state index contributed by atoms with van der Waals surface area (Å²) in [7, 11) is 0. The summed E-state index contributed by atoms with van der Waals surface area (Å²) in [5.74, 6) is 0.259. The van der Waals surface area contributed by atoms with E-state index < -0.39 is 0 Å². The quantitative estimate of drug-likeness (QED) is 0.823. The average molecular weight is 354 g/mol. The second-order valence-corrected chi connectivity index (χ2v) is 6.18. The number of nitrogens with zero attached hydrogens (tertiary/aromatic N) is 1. The van der Waals surface area contributed by atoms with Gasteiger partial charge in [-0.25, -0.2) is 0 Å². The predicted molar refractivity (Wildman–Crippen MR) is 104 cm³/mol. The lowest BCUT2D eigenvalue weighted by molar-refractivity contribution is -0.118. The molecule has 2 aromatic rings. The van der Waals surface area contributed by atoms with Crippen LogP contribution in [0.1, 0.15) is 35.3 Å². The summed E-state index contributed by atoms with van der Waals surface area (Å²) in [5, 5.41) is 2.78. The Hall–Kier alpha value is -2.82. The summed E-state index contributed by atoms with van der Waals surface area (Å²) in [6.45, 7) is 8.95. The fraction of sp³-hybridized carbons (Fsp3) is 0.333. The van der Waals surface area contributed by atoms with Gasteiger partial charge in [0.25, 0.3) is 11.8 Å². The maximum absolute atomic E-state index is 12.6. The molecule has 5 heteroatoms. The molecule has 5 nitrogen and oxygen atoms in total. The SMILES string of the molecule is CCN(CC)C(=O)c1ccccc1NC(=O)COc1cc(C)cc(C)c1. The topological polar surface area (TPSA) is 58.6 Å². The van der Waals surface area contributed by atoms with E-state index in [0.717, 1.165) is 11.1 Å². The first kappa shape index (κ1) is 19.5. The second-order valence-electron chi connectivity index (χ2n) is 6.18. The molecule has 2 rings (SSSR count). The van der Waals surface area contributed by atoms with E-state index >= 15 is 0 Å². The van der Waals surface area contributed by atoms with Crippen LogP contribution in [0.25, 0.3) is 0 Å². The van der Waals surface area contributed by atoms with Gasteiger partial charge in [-0.15, -0.1) is 0 Å². The van der Waals surface area contributed by atoms with E-state index in [1.54, 1.807) is 29.2 Å². The van der Waals surface area contributed by atoms with Crippen molar-refractivity contribution in [2.75, 3.05) is 25.0 Å². The monoisotopic (exact) mass is 354 g/mol. The second kappa shape index (κ2) is 9.04. The molecule has 0 atom stereocenters. The zero-order valence-corrected chi connectivity index (χ0v) is 15.8. The smallest absolute Gasteiger partial charge is 0.262 e. The molecule has 0 heterocycles. The van der Waals surface area contributed by atoms with Crippen LogP contribution in [0.3, 0.4) is 0 Å². The lowest BCUT2D eigenvalue weighted by Crippen LogP contribution is -2.31. The number of nitrogens with one attached hydrogen (secondary N) is 1. The van der Waals surface area contributed by atoms with Gasteiger partial charge in [-0.1, -0.05) is 18.2 Å². The molecule has 2 aromatic carbocycles. The van der Waals surface area contributed by atoms with Gasteiger partial charge in [0.2, 0.25) is 0 Å². The number of benzene rings is 2. The number of aryl methyl sites for hydroxylation is 2. The Kier molecular flexibility index (Phi) is 6.78. The molecule has 26 heavy (non-hydrogen) atoms. The number of para-hydroxylation sites is 1. The van der Waals surface area contributed by atoms with Gasteiger partial charge in [0.15, 0.2) is 6.61 Å². The van der Waals surface area contributed by atoms with Crippen LogP contribution in [0.4, 0.5) is 5.69 Å². The van der Waals surface area contributed by atoms with Crippen molar-refractivity contribution >= 4 is 17.5 Å². The van der Waals surface area contributed by atoms with Gasteiger partial charge >= 0.3 is 0 Å². The number of ether oxygens (including phenoxy) is 1. The predicted octanol–water partition coefficient (Wildman–Crippen LogP) is 3.80. The van der Waals surface area contributed by atoms with E-state index in [1.165, 1.54) is 0 Å². The Morgan fingerprint density at radius 3 is 2.23 bits per heavy atom. The molecule has 1 N–H and O–H groups in total. The van der Waals surface area contributed by atoms with E-state index in [4.69, 9.17) is 4.74 Å². The highest BCUT2D eigenvalue weighted by atomic mass is 16.5. The molecule has 0 bridgehead atoms. The number of anilines is 1. The summed E-state index contributed by atoms with van der Waals surface area (Å²) in [4.78, 5) is 26.6. The van der Waals surface area contributed by atoms with E-state index in [0.29, 0.717) is 30.1 Å². The number of hydrogen-bond donors (Lipinski definition) is 1. The van der Waals surface area contributed by atoms with Gasteiger partial charge in [0.05, 0.1) is 11.3 Å². The number of rotatable bonds is 7. The average Bonchev–Trinajstić information content (AvgIpc) is 2.60. The fourth-order valence-corrected chi connectivity index (χ4v) is 2.81. The molecule has 0 aliphatic heterocycles. The van der Waals surface area contributed by atoms with Gasteiger partial charge in [-0.05, 0) is 63.1 Å².